The molecule has 0 radical (unpaired) electrons. The van der Waals surface area contributed by atoms with Gasteiger partial charge in [0.05, 0.1) is 4.90 Å². The smallest absolute Gasteiger partial charge is 0.243 e. The van der Waals surface area contributed by atoms with Crippen LogP contribution < -0.4 is 4.90 Å². The van der Waals surface area contributed by atoms with Crippen molar-refractivity contribution in [3.05, 3.63) is 36.2 Å². The number of aromatic nitrogens is 2. The van der Waals surface area contributed by atoms with Crippen molar-refractivity contribution in [3.63, 3.8) is 0 Å². The molecule has 118 valence electrons. The van der Waals surface area contributed by atoms with Crippen LogP contribution in [0.2, 0.25) is 0 Å². The normalized spacial score (nSPS) is 16.9. The Kier molecular flexibility index (Phi) is 4.42. The maximum absolute atomic E-state index is 12.8. The Labute approximate surface area is 134 Å². The summed E-state index contributed by atoms with van der Waals surface area (Å²) < 4.78 is 31.2. The summed E-state index contributed by atoms with van der Waals surface area (Å²) in [6, 6.07) is 7.24. The first-order chi connectivity index (χ1) is 10.6. The summed E-state index contributed by atoms with van der Waals surface area (Å²) in [5.74, 6) is 0. The first-order valence-electron chi connectivity index (χ1n) is 7.22. The van der Waals surface area contributed by atoms with Crippen LogP contribution in [0.5, 0.6) is 0 Å². The van der Waals surface area contributed by atoms with Gasteiger partial charge in [0, 0.05) is 37.7 Å². The summed E-state index contributed by atoms with van der Waals surface area (Å²) in [5.41, 5.74) is 0.869. The van der Waals surface area contributed by atoms with Crippen LogP contribution in [0.4, 0.5) is 5.13 Å². The summed E-state index contributed by atoms with van der Waals surface area (Å²) in [6.07, 6.45) is 2.24. The Morgan fingerprint density at radius 1 is 1.18 bits per heavy atom. The third kappa shape index (κ3) is 2.86. The molecule has 2 aromatic rings. The number of anilines is 1. The van der Waals surface area contributed by atoms with Crippen molar-refractivity contribution in [2.24, 2.45) is 0 Å². The van der Waals surface area contributed by atoms with Gasteiger partial charge in [-0.2, -0.15) is 8.68 Å². The van der Waals surface area contributed by atoms with Crippen LogP contribution in [0, 0.1) is 0 Å². The molecule has 22 heavy (non-hydrogen) atoms. The largest absolute Gasteiger partial charge is 0.344 e. The zero-order valence-electron chi connectivity index (χ0n) is 12.3. The SMILES string of the molecule is CCc1ccccc1S(=O)(=O)N1CCN(c2ncns2)CC1. The molecular formula is C14H18N4O2S2. The second kappa shape index (κ2) is 6.31. The van der Waals surface area contributed by atoms with Gasteiger partial charge in [0.2, 0.25) is 15.2 Å². The second-order valence-electron chi connectivity index (χ2n) is 5.08. The molecule has 8 heteroatoms. The van der Waals surface area contributed by atoms with E-state index >= 15 is 0 Å². The van der Waals surface area contributed by atoms with Crippen molar-refractivity contribution in [1.29, 1.82) is 0 Å². The van der Waals surface area contributed by atoms with Gasteiger partial charge in [-0.15, -0.1) is 0 Å². The van der Waals surface area contributed by atoms with E-state index in [9.17, 15) is 8.42 Å². The molecule has 1 aromatic heterocycles. The Morgan fingerprint density at radius 3 is 2.55 bits per heavy atom. The second-order valence-corrected chi connectivity index (χ2v) is 7.74. The standard InChI is InChI=1S/C14H18N4O2S2/c1-2-12-5-3-4-6-13(12)22(19,20)18-9-7-17(8-10-18)14-15-11-16-21-14/h3-6,11H,2,7-10H2,1H3. The minimum atomic E-state index is -3.42. The van der Waals surface area contributed by atoms with E-state index in [0.29, 0.717) is 37.5 Å². The van der Waals surface area contributed by atoms with Gasteiger partial charge in [-0.3, -0.25) is 0 Å². The minimum absolute atomic E-state index is 0.432. The molecule has 0 saturated carbocycles. The summed E-state index contributed by atoms with van der Waals surface area (Å²) >= 11 is 1.34. The molecule has 2 heterocycles. The van der Waals surface area contributed by atoms with Crippen molar-refractivity contribution in [3.8, 4) is 0 Å². The number of aryl methyl sites for hydroxylation is 1. The van der Waals surface area contributed by atoms with Gasteiger partial charge in [-0.05, 0) is 18.1 Å². The third-order valence-electron chi connectivity index (χ3n) is 3.83. The number of nitrogens with zero attached hydrogens (tertiary/aromatic N) is 4. The number of hydrogen-bond acceptors (Lipinski definition) is 6. The molecule has 1 saturated heterocycles. The lowest BCUT2D eigenvalue weighted by Gasteiger charge is -2.33. The molecule has 1 aromatic carbocycles. The Hall–Kier alpha value is -1.51. The van der Waals surface area contributed by atoms with Gasteiger partial charge in [0.25, 0.3) is 0 Å². The Morgan fingerprint density at radius 2 is 1.91 bits per heavy atom. The van der Waals surface area contributed by atoms with E-state index < -0.39 is 10.0 Å². The highest BCUT2D eigenvalue weighted by Gasteiger charge is 2.30. The van der Waals surface area contributed by atoms with Gasteiger partial charge < -0.3 is 4.90 Å². The monoisotopic (exact) mass is 338 g/mol. The fourth-order valence-corrected chi connectivity index (χ4v) is 4.91. The van der Waals surface area contributed by atoms with Gasteiger partial charge in [0.1, 0.15) is 6.33 Å². The van der Waals surface area contributed by atoms with E-state index in [1.54, 1.807) is 16.4 Å². The highest BCUT2D eigenvalue weighted by molar-refractivity contribution is 7.89. The summed E-state index contributed by atoms with van der Waals surface area (Å²) in [4.78, 5) is 6.69. The molecule has 0 atom stereocenters. The highest BCUT2D eigenvalue weighted by atomic mass is 32.2. The van der Waals surface area contributed by atoms with Gasteiger partial charge in [-0.1, -0.05) is 25.1 Å². The topological polar surface area (TPSA) is 66.4 Å². The fourth-order valence-electron chi connectivity index (χ4n) is 2.61. The van der Waals surface area contributed by atoms with Crippen LogP contribution in [-0.2, 0) is 16.4 Å². The summed E-state index contributed by atoms with van der Waals surface area (Å²) in [7, 11) is -3.42. The molecule has 0 aliphatic carbocycles. The predicted octanol–water partition coefficient (Wildman–Crippen LogP) is 1.61. The lowest BCUT2D eigenvalue weighted by Crippen LogP contribution is -2.48. The molecule has 6 nitrogen and oxygen atoms in total. The quantitative estimate of drug-likeness (QED) is 0.847. The minimum Gasteiger partial charge on any atom is -0.344 e. The average molecular weight is 338 g/mol. The van der Waals surface area contributed by atoms with Crippen molar-refractivity contribution in [2.45, 2.75) is 18.2 Å². The number of benzene rings is 1. The van der Waals surface area contributed by atoms with Crippen LogP contribution in [0.15, 0.2) is 35.5 Å². The van der Waals surface area contributed by atoms with E-state index in [1.165, 1.54) is 17.9 Å². The Balaban J connectivity index is 1.77. The van der Waals surface area contributed by atoms with Gasteiger partial charge in [0.15, 0.2) is 0 Å². The molecule has 1 aliphatic heterocycles. The van der Waals surface area contributed by atoms with Crippen LogP contribution >= 0.6 is 11.5 Å². The third-order valence-corrected chi connectivity index (χ3v) is 6.56. The predicted molar refractivity (Wildman–Crippen MR) is 86.7 cm³/mol. The molecule has 1 aliphatic rings. The first kappa shape index (κ1) is 15.4. The zero-order valence-corrected chi connectivity index (χ0v) is 14.0. The molecular weight excluding hydrogens is 320 g/mol. The number of hydrogen-bond donors (Lipinski definition) is 0. The number of sulfonamides is 1. The number of rotatable bonds is 4. The van der Waals surface area contributed by atoms with Gasteiger partial charge in [-0.25, -0.2) is 13.4 Å². The van der Waals surface area contributed by atoms with Crippen LogP contribution in [-0.4, -0.2) is 48.3 Å². The Bertz CT molecular complexity index is 723. The fraction of sp³-hybridized carbons (Fsp3) is 0.429. The van der Waals surface area contributed by atoms with Crippen molar-refractivity contribution in [2.75, 3.05) is 31.1 Å². The lowest BCUT2D eigenvalue weighted by molar-refractivity contribution is 0.384. The van der Waals surface area contributed by atoms with Crippen LogP contribution in [0.1, 0.15) is 12.5 Å². The van der Waals surface area contributed by atoms with Crippen molar-refractivity contribution < 1.29 is 8.42 Å². The van der Waals surface area contributed by atoms with E-state index in [0.717, 1.165) is 10.7 Å². The molecule has 0 N–H and O–H groups in total. The summed E-state index contributed by atoms with van der Waals surface area (Å²) in [5, 5.41) is 0.853. The molecule has 1 fully saturated rings. The van der Waals surface area contributed by atoms with Crippen LogP contribution in [0.3, 0.4) is 0 Å². The maximum Gasteiger partial charge on any atom is 0.243 e. The highest BCUT2D eigenvalue weighted by Crippen LogP contribution is 2.23. The van der Waals surface area contributed by atoms with Crippen LogP contribution in [0.25, 0.3) is 0 Å². The molecule has 0 spiro atoms. The summed E-state index contributed by atoms with van der Waals surface area (Å²) in [6.45, 7) is 4.20. The van der Waals surface area contributed by atoms with Crippen molar-refractivity contribution >= 4 is 26.7 Å². The molecule has 0 unspecified atom stereocenters. The van der Waals surface area contributed by atoms with E-state index in [1.807, 2.05) is 19.1 Å². The first-order valence-corrected chi connectivity index (χ1v) is 9.44. The molecule has 0 amide bonds. The maximum atomic E-state index is 12.8. The average Bonchev–Trinajstić information content (AvgIpc) is 3.09. The zero-order chi connectivity index (χ0) is 15.6. The number of piperazine rings is 1. The molecule has 0 bridgehead atoms. The van der Waals surface area contributed by atoms with E-state index in [4.69, 9.17) is 0 Å². The van der Waals surface area contributed by atoms with Crippen molar-refractivity contribution in [1.82, 2.24) is 13.7 Å². The van der Waals surface area contributed by atoms with Gasteiger partial charge >= 0.3 is 0 Å². The molecule has 3 rings (SSSR count). The lowest BCUT2D eigenvalue weighted by atomic mass is 10.2. The van der Waals surface area contributed by atoms with E-state index in [-0.39, 0.29) is 0 Å². The van der Waals surface area contributed by atoms with E-state index in [2.05, 4.69) is 14.3 Å².